The molecule has 0 fully saturated rings. The molecule has 108 valence electrons. The normalized spacial score (nSPS) is 11.0. The smallest absolute Gasteiger partial charge is 0.156 e. The Morgan fingerprint density at radius 2 is 2.10 bits per heavy atom. The highest BCUT2D eigenvalue weighted by atomic mass is 19.1. The van der Waals surface area contributed by atoms with Crippen LogP contribution in [0.5, 0.6) is 0 Å². The molecule has 4 nitrogen and oxygen atoms in total. The van der Waals surface area contributed by atoms with Crippen LogP contribution in [-0.4, -0.2) is 15.9 Å². The maximum atomic E-state index is 13.5. The fourth-order valence-electron chi connectivity index (χ4n) is 2.54. The molecule has 0 saturated carbocycles. The van der Waals surface area contributed by atoms with Crippen LogP contribution in [-0.2, 0) is 6.54 Å². The van der Waals surface area contributed by atoms with E-state index in [0.717, 1.165) is 22.8 Å². The quantitative estimate of drug-likeness (QED) is 0.801. The Kier molecular flexibility index (Phi) is 3.58. The first-order valence-corrected chi connectivity index (χ1v) is 6.93. The third-order valence-electron chi connectivity index (χ3n) is 3.49. The van der Waals surface area contributed by atoms with Crippen molar-refractivity contribution in [2.45, 2.75) is 13.5 Å². The van der Waals surface area contributed by atoms with Gasteiger partial charge < -0.3 is 15.0 Å². The minimum Gasteiger partial charge on any atom is -0.325 e. The summed E-state index contributed by atoms with van der Waals surface area (Å²) in [7, 11) is 0. The largest absolute Gasteiger partial charge is 0.325 e. The maximum Gasteiger partial charge on any atom is 0.156 e. The summed E-state index contributed by atoms with van der Waals surface area (Å²) in [6, 6.07) is 12.3. The van der Waals surface area contributed by atoms with E-state index in [1.807, 2.05) is 46.7 Å². The lowest BCUT2D eigenvalue weighted by molar-refractivity contribution is 0.627. The first-order chi connectivity index (χ1) is 10.2. The predicted molar refractivity (Wildman–Crippen MR) is 82.2 cm³/mol. The van der Waals surface area contributed by atoms with Crippen LogP contribution in [0.25, 0.3) is 5.65 Å². The lowest BCUT2D eigenvalue weighted by atomic mass is 10.2. The average molecular weight is 284 g/mol. The van der Waals surface area contributed by atoms with Crippen molar-refractivity contribution in [3.05, 3.63) is 60.2 Å². The number of pyridine rings is 1. The zero-order valence-electron chi connectivity index (χ0n) is 11.8. The van der Waals surface area contributed by atoms with E-state index in [1.54, 1.807) is 6.07 Å². The third-order valence-corrected chi connectivity index (χ3v) is 3.49. The Hall–Kier alpha value is -2.40. The van der Waals surface area contributed by atoms with E-state index in [1.165, 1.54) is 12.1 Å². The third kappa shape index (κ3) is 2.36. The second-order valence-corrected chi connectivity index (χ2v) is 4.74. The van der Waals surface area contributed by atoms with E-state index in [4.69, 9.17) is 5.73 Å². The summed E-state index contributed by atoms with van der Waals surface area (Å²) in [5.41, 5.74) is 8.42. The van der Waals surface area contributed by atoms with Crippen molar-refractivity contribution in [1.82, 2.24) is 9.38 Å². The van der Waals surface area contributed by atoms with Gasteiger partial charge in [-0.3, -0.25) is 0 Å². The number of halogens is 1. The van der Waals surface area contributed by atoms with Crippen molar-refractivity contribution in [3.8, 4) is 0 Å². The van der Waals surface area contributed by atoms with E-state index >= 15 is 0 Å². The Morgan fingerprint density at radius 1 is 1.24 bits per heavy atom. The molecule has 0 aliphatic rings. The van der Waals surface area contributed by atoms with Crippen molar-refractivity contribution in [2.24, 2.45) is 5.73 Å². The van der Waals surface area contributed by atoms with Gasteiger partial charge in [-0.25, -0.2) is 9.37 Å². The van der Waals surface area contributed by atoms with Gasteiger partial charge in [0.1, 0.15) is 11.5 Å². The van der Waals surface area contributed by atoms with Gasteiger partial charge in [-0.05, 0) is 37.3 Å². The standard InChI is InChI=1S/C16H17FN4/c1-2-20(13-7-5-6-12(17)10-13)16-14(11-18)21-9-4-3-8-15(21)19-16/h3-10H,2,11,18H2,1H3. The van der Waals surface area contributed by atoms with Gasteiger partial charge in [-0.15, -0.1) is 0 Å². The van der Waals surface area contributed by atoms with Crippen molar-refractivity contribution < 1.29 is 4.39 Å². The van der Waals surface area contributed by atoms with Crippen LogP contribution >= 0.6 is 0 Å². The molecule has 2 heterocycles. The zero-order valence-corrected chi connectivity index (χ0v) is 11.8. The average Bonchev–Trinajstić information content (AvgIpc) is 2.86. The highest BCUT2D eigenvalue weighted by Gasteiger charge is 2.17. The van der Waals surface area contributed by atoms with Gasteiger partial charge >= 0.3 is 0 Å². The van der Waals surface area contributed by atoms with E-state index in [2.05, 4.69) is 4.98 Å². The van der Waals surface area contributed by atoms with E-state index in [-0.39, 0.29) is 5.82 Å². The topological polar surface area (TPSA) is 46.6 Å². The van der Waals surface area contributed by atoms with Crippen LogP contribution in [0.2, 0.25) is 0 Å². The van der Waals surface area contributed by atoms with Gasteiger partial charge in [0, 0.05) is 25.0 Å². The van der Waals surface area contributed by atoms with Gasteiger partial charge in [0.2, 0.25) is 0 Å². The molecule has 0 atom stereocenters. The number of hydrogen-bond donors (Lipinski definition) is 1. The summed E-state index contributed by atoms with van der Waals surface area (Å²) in [5.74, 6) is 0.515. The Bertz CT molecular complexity index is 766. The summed E-state index contributed by atoms with van der Waals surface area (Å²) in [5, 5.41) is 0. The summed E-state index contributed by atoms with van der Waals surface area (Å²) >= 11 is 0. The lowest BCUT2D eigenvalue weighted by Crippen LogP contribution is -2.19. The van der Waals surface area contributed by atoms with Gasteiger partial charge in [0.25, 0.3) is 0 Å². The molecule has 2 N–H and O–H groups in total. The number of nitrogens with zero attached hydrogens (tertiary/aromatic N) is 3. The zero-order chi connectivity index (χ0) is 14.8. The van der Waals surface area contributed by atoms with Crippen LogP contribution < -0.4 is 10.6 Å². The van der Waals surface area contributed by atoms with Crippen molar-refractivity contribution in [2.75, 3.05) is 11.4 Å². The molecule has 21 heavy (non-hydrogen) atoms. The lowest BCUT2D eigenvalue weighted by Gasteiger charge is -2.22. The Balaban J connectivity index is 2.17. The molecule has 0 saturated heterocycles. The van der Waals surface area contributed by atoms with Crippen molar-refractivity contribution in [3.63, 3.8) is 0 Å². The molecule has 3 rings (SSSR count). The summed E-state index contributed by atoms with van der Waals surface area (Å²) in [4.78, 5) is 6.62. The molecule has 0 aliphatic carbocycles. The molecule has 0 spiro atoms. The van der Waals surface area contributed by atoms with E-state index in [9.17, 15) is 4.39 Å². The fourth-order valence-corrected chi connectivity index (χ4v) is 2.54. The SMILES string of the molecule is CCN(c1cccc(F)c1)c1nc2ccccn2c1CN. The van der Waals surface area contributed by atoms with Gasteiger partial charge in [-0.1, -0.05) is 12.1 Å². The van der Waals surface area contributed by atoms with Gasteiger partial charge in [0.15, 0.2) is 5.82 Å². The molecular weight excluding hydrogens is 267 g/mol. The molecule has 0 aliphatic heterocycles. The van der Waals surface area contributed by atoms with Crippen LogP contribution in [0.4, 0.5) is 15.9 Å². The Morgan fingerprint density at radius 3 is 2.81 bits per heavy atom. The maximum absolute atomic E-state index is 13.5. The van der Waals surface area contributed by atoms with Gasteiger partial charge in [-0.2, -0.15) is 0 Å². The molecule has 1 aromatic carbocycles. The second-order valence-electron chi connectivity index (χ2n) is 4.74. The molecule has 5 heteroatoms. The highest BCUT2D eigenvalue weighted by molar-refractivity contribution is 5.65. The number of nitrogens with two attached hydrogens (primary N) is 1. The second kappa shape index (κ2) is 5.54. The number of benzene rings is 1. The monoisotopic (exact) mass is 284 g/mol. The van der Waals surface area contributed by atoms with Crippen LogP contribution in [0.15, 0.2) is 48.7 Å². The van der Waals surface area contributed by atoms with Crippen molar-refractivity contribution >= 4 is 17.2 Å². The summed E-state index contributed by atoms with van der Waals surface area (Å²) < 4.78 is 15.5. The van der Waals surface area contributed by atoms with E-state index < -0.39 is 0 Å². The molecule has 0 radical (unpaired) electrons. The van der Waals surface area contributed by atoms with Crippen molar-refractivity contribution in [1.29, 1.82) is 0 Å². The molecular formula is C16H17FN4. The summed E-state index contributed by atoms with van der Waals surface area (Å²) in [6.07, 6.45) is 1.94. The highest BCUT2D eigenvalue weighted by Crippen LogP contribution is 2.28. The number of fused-ring (bicyclic) bond motifs is 1. The van der Waals surface area contributed by atoms with Crippen LogP contribution in [0, 0.1) is 5.82 Å². The van der Waals surface area contributed by atoms with Crippen LogP contribution in [0.1, 0.15) is 12.6 Å². The number of hydrogen-bond acceptors (Lipinski definition) is 3. The van der Waals surface area contributed by atoms with E-state index in [0.29, 0.717) is 13.1 Å². The number of aromatic nitrogens is 2. The van der Waals surface area contributed by atoms with Crippen LogP contribution in [0.3, 0.4) is 0 Å². The first-order valence-electron chi connectivity index (χ1n) is 6.93. The molecule has 2 aromatic heterocycles. The molecule has 0 amide bonds. The number of imidazole rings is 1. The fraction of sp³-hybridized carbons (Fsp3) is 0.188. The minimum absolute atomic E-state index is 0.260. The summed E-state index contributed by atoms with van der Waals surface area (Å²) in [6.45, 7) is 3.06. The Labute approximate surface area is 122 Å². The molecule has 0 unspecified atom stereocenters. The number of anilines is 2. The minimum atomic E-state index is -0.260. The molecule has 3 aromatic rings. The van der Waals surface area contributed by atoms with Gasteiger partial charge in [0.05, 0.1) is 5.69 Å². The predicted octanol–water partition coefficient (Wildman–Crippen LogP) is 3.09. The first kappa shape index (κ1) is 13.6. The number of rotatable bonds is 4. The molecule has 0 bridgehead atoms.